The zero-order chi connectivity index (χ0) is 9.56. The number of likely N-dealkylation sites (N-methyl/N-ethyl adjacent to an activating group) is 1. The molecule has 5 nitrogen and oxygen atoms in total. The van der Waals surface area contributed by atoms with Crippen molar-refractivity contribution in [2.75, 3.05) is 27.2 Å². The van der Waals surface area contributed by atoms with Crippen LogP contribution in [0.5, 0.6) is 0 Å². The molecular weight excluding hydrogens is 160 g/mol. The van der Waals surface area contributed by atoms with Gasteiger partial charge in [0.2, 0.25) is 5.91 Å². The van der Waals surface area contributed by atoms with Crippen molar-refractivity contribution in [1.82, 2.24) is 4.90 Å². The number of esters is 1. The number of carbonyl (C=O) groups excluding carboxylic acids is 2. The zero-order valence-electron chi connectivity index (χ0n) is 7.37. The summed E-state index contributed by atoms with van der Waals surface area (Å²) >= 11 is 0. The van der Waals surface area contributed by atoms with Gasteiger partial charge in [-0.15, -0.1) is 0 Å². The summed E-state index contributed by atoms with van der Waals surface area (Å²) in [6, 6.07) is 0. The molecule has 0 radical (unpaired) electrons. The number of hydrogen-bond donors (Lipinski definition) is 1. The van der Waals surface area contributed by atoms with Crippen molar-refractivity contribution in [3.8, 4) is 0 Å². The standard InChI is InChI=1S/C7H14N2O3/c1-9(5-7(11)12-2)6(10)3-4-8/h3-5,8H2,1-2H3. The molecule has 0 unspecified atom stereocenters. The van der Waals surface area contributed by atoms with Gasteiger partial charge in [-0.25, -0.2) is 0 Å². The molecule has 0 aromatic heterocycles. The quantitative estimate of drug-likeness (QED) is 0.553. The van der Waals surface area contributed by atoms with Gasteiger partial charge in [-0.3, -0.25) is 9.59 Å². The lowest BCUT2D eigenvalue weighted by atomic mass is 10.4. The number of nitrogens with zero attached hydrogens (tertiary/aromatic N) is 1. The Bertz CT molecular complexity index is 170. The molecular formula is C7H14N2O3. The van der Waals surface area contributed by atoms with Crippen LogP contribution in [0.4, 0.5) is 0 Å². The van der Waals surface area contributed by atoms with Crippen LogP contribution in [0.15, 0.2) is 0 Å². The van der Waals surface area contributed by atoms with Gasteiger partial charge in [-0.05, 0) is 0 Å². The maximum absolute atomic E-state index is 11.0. The van der Waals surface area contributed by atoms with Gasteiger partial charge in [0.15, 0.2) is 0 Å². The molecule has 2 N–H and O–H groups in total. The summed E-state index contributed by atoms with van der Waals surface area (Å²) in [6.07, 6.45) is 0.257. The Balaban J connectivity index is 3.78. The van der Waals surface area contributed by atoms with E-state index in [1.54, 1.807) is 0 Å². The Morgan fingerprint density at radius 1 is 1.50 bits per heavy atom. The second-order valence-corrected chi connectivity index (χ2v) is 2.36. The second-order valence-electron chi connectivity index (χ2n) is 2.36. The Labute approximate surface area is 71.5 Å². The molecule has 0 atom stereocenters. The van der Waals surface area contributed by atoms with Crippen LogP contribution in [-0.2, 0) is 14.3 Å². The lowest BCUT2D eigenvalue weighted by molar-refractivity contribution is -0.146. The molecule has 12 heavy (non-hydrogen) atoms. The first-order valence-electron chi connectivity index (χ1n) is 3.62. The van der Waals surface area contributed by atoms with Crippen LogP contribution < -0.4 is 5.73 Å². The molecule has 0 saturated carbocycles. The summed E-state index contributed by atoms with van der Waals surface area (Å²) in [5.41, 5.74) is 5.17. The highest BCUT2D eigenvalue weighted by atomic mass is 16.5. The molecule has 0 bridgehead atoms. The van der Waals surface area contributed by atoms with E-state index in [4.69, 9.17) is 5.73 Å². The Kier molecular flexibility index (Phi) is 5.03. The third kappa shape index (κ3) is 3.92. The Morgan fingerprint density at radius 3 is 2.50 bits per heavy atom. The van der Waals surface area contributed by atoms with E-state index < -0.39 is 5.97 Å². The SMILES string of the molecule is COC(=O)CN(C)C(=O)CCN. The molecule has 0 aromatic rings. The van der Waals surface area contributed by atoms with Crippen molar-refractivity contribution >= 4 is 11.9 Å². The van der Waals surface area contributed by atoms with Gasteiger partial charge in [0.25, 0.3) is 0 Å². The van der Waals surface area contributed by atoms with E-state index in [2.05, 4.69) is 4.74 Å². The van der Waals surface area contributed by atoms with Crippen molar-refractivity contribution in [1.29, 1.82) is 0 Å². The van der Waals surface area contributed by atoms with E-state index in [1.165, 1.54) is 19.1 Å². The van der Waals surface area contributed by atoms with Crippen LogP contribution in [0.2, 0.25) is 0 Å². The van der Waals surface area contributed by atoms with Crippen molar-refractivity contribution in [2.45, 2.75) is 6.42 Å². The highest BCUT2D eigenvalue weighted by Crippen LogP contribution is 1.89. The van der Waals surface area contributed by atoms with Crippen LogP contribution in [0, 0.1) is 0 Å². The Hall–Kier alpha value is -1.10. The summed E-state index contributed by atoms with van der Waals surface area (Å²) in [7, 11) is 2.82. The first-order valence-corrected chi connectivity index (χ1v) is 3.62. The second kappa shape index (κ2) is 5.54. The fourth-order valence-corrected chi connectivity index (χ4v) is 0.661. The topological polar surface area (TPSA) is 72.6 Å². The molecule has 1 amide bonds. The maximum atomic E-state index is 11.0. The van der Waals surface area contributed by atoms with Gasteiger partial charge in [0.05, 0.1) is 7.11 Å². The van der Waals surface area contributed by atoms with Gasteiger partial charge in [-0.1, -0.05) is 0 Å². The lowest BCUT2D eigenvalue weighted by Gasteiger charge is -2.14. The van der Waals surface area contributed by atoms with E-state index >= 15 is 0 Å². The molecule has 5 heteroatoms. The average Bonchev–Trinajstić information content (AvgIpc) is 2.04. The van der Waals surface area contributed by atoms with Crippen molar-refractivity contribution in [3.63, 3.8) is 0 Å². The van der Waals surface area contributed by atoms with Gasteiger partial charge >= 0.3 is 5.97 Å². The minimum atomic E-state index is -0.428. The largest absolute Gasteiger partial charge is 0.468 e. The predicted octanol–water partition coefficient (Wildman–Crippen LogP) is -1.03. The van der Waals surface area contributed by atoms with Crippen molar-refractivity contribution in [2.24, 2.45) is 5.73 Å². The lowest BCUT2D eigenvalue weighted by Crippen LogP contribution is -2.33. The highest BCUT2D eigenvalue weighted by molar-refractivity contribution is 5.81. The molecule has 0 rings (SSSR count). The van der Waals surface area contributed by atoms with Crippen molar-refractivity contribution in [3.05, 3.63) is 0 Å². The summed E-state index contributed by atoms with van der Waals surface area (Å²) in [4.78, 5) is 23.0. The molecule has 0 spiro atoms. The number of hydrogen-bond acceptors (Lipinski definition) is 4. The van der Waals surface area contributed by atoms with Crippen molar-refractivity contribution < 1.29 is 14.3 Å². The number of ether oxygens (including phenoxy) is 1. The summed E-state index contributed by atoms with van der Waals surface area (Å²) in [5.74, 6) is -0.578. The van der Waals surface area contributed by atoms with Crippen LogP contribution in [0.25, 0.3) is 0 Å². The summed E-state index contributed by atoms with van der Waals surface area (Å²) < 4.78 is 4.39. The van der Waals surface area contributed by atoms with Gasteiger partial charge in [0.1, 0.15) is 6.54 Å². The van der Waals surface area contributed by atoms with Gasteiger partial charge in [-0.2, -0.15) is 0 Å². The molecule has 0 aliphatic heterocycles. The molecule has 0 aliphatic carbocycles. The first-order chi connectivity index (χ1) is 5.61. The number of methoxy groups -OCH3 is 1. The first kappa shape index (κ1) is 10.9. The summed E-state index contributed by atoms with van der Waals surface area (Å²) in [5, 5.41) is 0. The van der Waals surface area contributed by atoms with Gasteiger partial charge < -0.3 is 15.4 Å². The van der Waals surface area contributed by atoms with Crippen LogP contribution >= 0.6 is 0 Å². The van der Waals surface area contributed by atoms with Crippen LogP contribution in [0.3, 0.4) is 0 Å². The third-order valence-electron chi connectivity index (χ3n) is 1.38. The predicted molar refractivity (Wildman–Crippen MR) is 43.3 cm³/mol. The van der Waals surface area contributed by atoms with Crippen LogP contribution in [-0.4, -0.2) is 44.0 Å². The minimum absolute atomic E-state index is 0.0185. The summed E-state index contributed by atoms with van der Waals surface area (Å²) in [6.45, 7) is 0.277. The normalized spacial score (nSPS) is 9.25. The number of rotatable bonds is 4. The van der Waals surface area contributed by atoms with E-state index in [-0.39, 0.29) is 18.9 Å². The van der Waals surface area contributed by atoms with Gasteiger partial charge in [0, 0.05) is 20.0 Å². The van der Waals surface area contributed by atoms with Crippen LogP contribution in [0.1, 0.15) is 6.42 Å². The highest BCUT2D eigenvalue weighted by Gasteiger charge is 2.11. The van der Waals surface area contributed by atoms with E-state index in [0.717, 1.165) is 0 Å². The van der Waals surface area contributed by atoms with E-state index in [1.807, 2.05) is 0 Å². The maximum Gasteiger partial charge on any atom is 0.325 e. The third-order valence-corrected chi connectivity index (χ3v) is 1.38. The Morgan fingerprint density at radius 2 is 2.08 bits per heavy atom. The minimum Gasteiger partial charge on any atom is -0.468 e. The number of carbonyl (C=O) groups is 2. The molecule has 0 aliphatic rings. The molecule has 0 saturated heterocycles. The molecule has 0 aromatic carbocycles. The number of nitrogens with two attached hydrogens (primary N) is 1. The molecule has 0 fully saturated rings. The molecule has 70 valence electrons. The van der Waals surface area contributed by atoms with E-state index in [0.29, 0.717) is 6.54 Å². The fraction of sp³-hybridized carbons (Fsp3) is 0.714. The van der Waals surface area contributed by atoms with E-state index in [9.17, 15) is 9.59 Å². The fourth-order valence-electron chi connectivity index (χ4n) is 0.661. The molecule has 0 heterocycles. The zero-order valence-corrected chi connectivity index (χ0v) is 7.37. The smallest absolute Gasteiger partial charge is 0.325 e. The number of amides is 1. The average molecular weight is 174 g/mol. The monoisotopic (exact) mass is 174 g/mol.